The molecule has 132 valence electrons. The number of aromatic nitrogens is 3. The molecule has 0 atom stereocenters. The van der Waals surface area contributed by atoms with Gasteiger partial charge in [0.2, 0.25) is 0 Å². The number of nitrogens with one attached hydrogen (secondary N) is 1. The number of ether oxygens (including phenoxy) is 1. The SMILES string of the molecule is Cc1c(C(=O)NCCCN)nnn1-c1ccc(OC(C)C)cc1.Cl. The number of halogens is 1. The van der Waals surface area contributed by atoms with E-state index in [1.165, 1.54) is 0 Å². The van der Waals surface area contributed by atoms with Gasteiger partial charge >= 0.3 is 0 Å². The molecule has 0 fully saturated rings. The topological polar surface area (TPSA) is 95.1 Å². The Morgan fingerprint density at radius 3 is 2.58 bits per heavy atom. The van der Waals surface area contributed by atoms with Crippen LogP contribution in [-0.2, 0) is 0 Å². The van der Waals surface area contributed by atoms with Gasteiger partial charge in [-0.05, 0) is 58.0 Å². The number of nitrogens with zero attached hydrogens (tertiary/aromatic N) is 3. The standard InChI is InChI=1S/C16H23N5O2.ClH/c1-11(2)23-14-7-5-13(6-8-14)21-12(3)15(19-20-21)16(22)18-10-4-9-17;/h5-8,11H,4,9-10,17H2,1-3H3,(H,18,22);1H. The van der Waals surface area contributed by atoms with Crippen LogP contribution < -0.4 is 15.8 Å². The van der Waals surface area contributed by atoms with Crippen LogP contribution in [-0.4, -0.2) is 40.1 Å². The van der Waals surface area contributed by atoms with E-state index in [4.69, 9.17) is 10.5 Å². The van der Waals surface area contributed by atoms with Crippen molar-refractivity contribution >= 4 is 18.3 Å². The molecule has 0 saturated carbocycles. The smallest absolute Gasteiger partial charge is 0.273 e. The highest BCUT2D eigenvalue weighted by molar-refractivity contribution is 5.93. The number of nitrogens with two attached hydrogens (primary N) is 1. The number of hydrogen-bond donors (Lipinski definition) is 2. The third-order valence-corrected chi connectivity index (χ3v) is 3.23. The number of rotatable bonds is 7. The van der Waals surface area contributed by atoms with Crippen LogP contribution in [0.5, 0.6) is 5.75 Å². The second-order valence-corrected chi connectivity index (χ2v) is 5.49. The Morgan fingerprint density at radius 2 is 2.00 bits per heavy atom. The molecule has 0 bridgehead atoms. The van der Waals surface area contributed by atoms with Gasteiger partial charge in [0.05, 0.1) is 17.5 Å². The van der Waals surface area contributed by atoms with Crippen molar-refractivity contribution in [2.75, 3.05) is 13.1 Å². The molecular weight excluding hydrogens is 330 g/mol. The number of benzene rings is 1. The van der Waals surface area contributed by atoms with Gasteiger partial charge in [-0.25, -0.2) is 4.68 Å². The van der Waals surface area contributed by atoms with Gasteiger partial charge in [0.25, 0.3) is 5.91 Å². The van der Waals surface area contributed by atoms with Crippen LogP contribution in [0.2, 0.25) is 0 Å². The van der Waals surface area contributed by atoms with Crippen molar-refractivity contribution in [1.82, 2.24) is 20.3 Å². The molecule has 0 spiro atoms. The Bertz CT molecular complexity index is 655. The summed E-state index contributed by atoms with van der Waals surface area (Å²) in [4.78, 5) is 12.1. The lowest BCUT2D eigenvalue weighted by Gasteiger charge is -2.10. The van der Waals surface area contributed by atoms with Gasteiger partial charge in [-0.3, -0.25) is 4.79 Å². The Hall–Kier alpha value is -2.12. The Morgan fingerprint density at radius 1 is 1.33 bits per heavy atom. The fourth-order valence-corrected chi connectivity index (χ4v) is 2.11. The minimum absolute atomic E-state index is 0. The average Bonchev–Trinajstić information content (AvgIpc) is 2.89. The average molecular weight is 354 g/mol. The molecule has 1 aromatic carbocycles. The zero-order valence-corrected chi connectivity index (χ0v) is 15.0. The minimum Gasteiger partial charge on any atom is -0.491 e. The molecule has 0 aliphatic heterocycles. The zero-order valence-electron chi connectivity index (χ0n) is 14.2. The Balaban J connectivity index is 0.00000288. The second-order valence-electron chi connectivity index (χ2n) is 5.49. The molecule has 0 unspecified atom stereocenters. The highest BCUT2D eigenvalue weighted by atomic mass is 35.5. The molecule has 2 rings (SSSR count). The van der Waals surface area contributed by atoms with E-state index in [0.717, 1.165) is 17.9 Å². The van der Waals surface area contributed by atoms with Gasteiger partial charge in [-0.15, -0.1) is 17.5 Å². The fourth-order valence-electron chi connectivity index (χ4n) is 2.11. The largest absolute Gasteiger partial charge is 0.491 e. The Kier molecular flexibility index (Phi) is 7.67. The summed E-state index contributed by atoms with van der Waals surface area (Å²) >= 11 is 0. The lowest BCUT2D eigenvalue weighted by atomic mass is 10.2. The molecule has 0 aliphatic carbocycles. The van der Waals surface area contributed by atoms with Crippen molar-refractivity contribution < 1.29 is 9.53 Å². The summed E-state index contributed by atoms with van der Waals surface area (Å²) in [5.74, 6) is 0.559. The van der Waals surface area contributed by atoms with Crippen LogP contribution >= 0.6 is 12.4 Å². The molecule has 2 aromatic rings. The lowest BCUT2D eigenvalue weighted by molar-refractivity contribution is 0.0948. The maximum absolute atomic E-state index is 12.1. The zero-order chi connectivity index (χ0) is 16.8. The van der Waals surface area contributed by atoms with Crippen molar-refractivity contribution in [3.63, 3.8) is 0 Å². The van der Waals surface area contributed by atoms with E-state index < -0.39 is 0 Å². The quantitative estimate of drug-likeness (QED) is 0.741. The van der Waals surface area contributed by atoms with Gasteiger partial charge in [0, 0.05) is 6.54 Å². The number of amides is 1. The van der Waals surface area contributed by atoms with Crippen molar-refractivity contribution in [2.45, 2.75) is 33.3 Å². The van der Waals surface area contributed by atoms with Crippen molar-refractivity contribution in [3.05, 3.63) is 35.7 Å². The number of hydrogen-bond acceptors (Lipinski definition) is 5. The summed E-state index contributed by atoms with van der Waals surface area (Å²) < 4.78 is 7.25. The first kappa shape index (κ1) is 19.9. The van der Waals surface area contributed by atoms with Crippen LogP contribution in [0.15, 0.2) is 24.3 Å². The summed E-state index contributed by atoms with van der Waals surface area (Å²) in [6.45, 7) is 6.84. The van der Waals surface area contributed by atoms with E-state index in [9.17, 15) is 4.79 Å². The van der Waals surface area contributed by atoms with E-state index in [1.54, 1.807) is 4.68 Å². The maximum atomic E-state index is 12.1. The predicted octanol–water partition coefficient (Wildman–Crippen LogP) is 1.86. The van der Waals surface area contributed by atoms with Crippen LogP contribution in [0.3, 0.4) is 0 Å². The summed E-state index contributed by atoms with van der Waals surface area (Å²) in [6, 6.07) is 7.51. The van der Waals surface area contributed by atoms with Gasteiger partial charge < -0.3 is 15.8 Å². The fraction of sp³-hybridized carbons (Fsp3) is 0.438. The summed E-state index contributed by atoms with van der Waals surface area (Å²) in [5.41, 5.74) is 7.25. The van der Waals surface area contributed by atoms with Crippen molar-refractivity contribution in [3.8, 4) is 11.4 Å². The molecule has 1 heterocycles. The Labute approximate surface area is 148 Å². The van der Waals surface area contributed by atoms with Crippen LogP contribution in [0.25, 0.3) is 5.69 Å². The van der Waals surface area contributed by atoms with Gasteiger partial charge in [-0.2, -0.15) is 0 Å². The summed E-state index contributed by atoms with van der Waals surface area (Å²) in [7, 11) is 0. The molecule has 0 aliphatic rings. The molecule has 24 heavy (non-hydrogen) atoms. The second kappa shape index (κ2) is 9.24. The van der Waals surface area contributed by atoms with E-state index in [-0.39, 0.29) is 24.4 Å². The molecule has 7 nitrogen and oxygen atoms in total. The first-order valence-corrected chi connectivity index (χ1v) is 7.70. The van der Waals surface area contributed by atoms with Gasteiger partial charge in [0.15, 0.2) is 5.69 Å². The highest BCUT2D eigenvalue weighted by Gasteiger charge is 2.16. The monoisotopic (exact) mass is 353 g/mol. The van der Waals surface area contributed by atoms with Gasteiger partial charge in [-0.1, -0.05) is 5.21 Å². The van der Waals surface area contributed by atoms with Crippen LogP contribution in [0, 0.1) is 6.92 Å². The lowest BCUT2D eigenvalue weighted by Crippen LogP contribution is -2.27. The molecule has 1 aromatic heterocycles. The van der Waals surface area contributed by atoms with Crippen molar-refractivity contribution in [2.24, 2.45) is 5.73 Å². The van der Waals surface area contributed by atoms with Crippen molar-refractivity contribution in [1.29, 1.82) is 0 Å². The molecular formula is C16H24ClN5O2. The number of carbonyl (C=O) groups is 1. The minimum atomic E-state index is -0.234. The van der Waals surface area contributed by atoms with Crippen LogP contribution in [0.4, 0.5) is 0 Å². The van der Waals surface area contributed by atoms with E-state index in [1.807, 2.05) is 45.0 Å². The number of carbonyl (C=O) groups excluding carboxylic acids is 1. The maximum Gasteiger partial charge on any atom is 0.273 e. The molecule has 0 radical (unpaired) electrons. The molecule has 1 amide bonds. The summed E-state index contributed by atoms with van der Waals surface area (Å²) in [5, 5.41) is 10.8. The molecule has 0 saturated heterocycles. The third kappa shape index (κ3) is 4.94. The first-order chi connectivity index (χ1) is 11.0. The molecule has 3 N–H and O–H groups in total. The van der Waals surface area contributed by atoms with Crippen LogP contribution in [0.1, 0.15) is 36.5 Å². The van der Waals surface area contributed by atoms with Gasteiger partial charge in [0.1, 0.15) is 5.75 Å². The van der Waals surface area contributed by atoms with E-state index in [0.29, 0.717) is 24.5 Å². The predicted molar refractivity (Wildman–Crippen MR) is 95.1 cm³/mol. The van der Waals surface area contributed by atoms with E-state index in [2.05, 4.69) is 15.6 Å². The molecule has 8 heteroatoms. The highest BCUT2D eigenvalue weighted by Crippen LogP contribution is 2.18. The summed E-state index contributed by atoms with van der Waals surface area (Å²) in [6.07, 6.45) is 0.855. The normalized spacial score (nSPS) is 10.4. The first-order valence-electron chi connectivity index (χ1n) is 7.70. The third-order valence-electron chi connectivity index (χ3n) is 3.23. The van der Waals surface area contributed by atoms with E-state index >= 15 is 0 Å².